The van der Waals surface area contributed by atoms with E-state index in [1.54, 1.807) is 0 Å². The lowest BCUT2D eigenvalue weighted by molar-refractivity contribution is 0.130. The van der Waals surface area contributed by atoms with Gasteiger partial charge in [0.25, 0.3) is 0 Å². The van der Waals surface area contributed by atoms with Crippen LogP contribution < -0.4 is 0 Å². The van der Waals surface area contributed by atoms with Crippen molar-refractivity contribution in [2.45, 2.75) is 40.4 Å². The van der Waals surface area contributed by atoms with Gasteiger partial charge in [-0.15, -0.1) is 0 Å². The lowest BCUT2D eigenvalue weighted by atomic mass is 9.89. The van der Waals surface area contributed by atoms with E-state index in [0.29, 0.717) is 12.0 Å². The molecule has 0 N–H and O–H groups in total. The van der Waals surface area contributed by atoms with Crippen LogP contribution in [-0.4, -0.2) is 9.78 Å². The van der Waals surface area contributed by atoms with E-state index in [-0.39, 0.29) is 0 Å². The summed E-state index contributed by atoms with van der Waals surface area (Å²) in [4.78, 5) is 0. The topological polar surface area (TPSA) is 27.1 Å². The van der Waals surface area contributed by atoms with Crippen LogP contribution in [0.1, 0.15) is 37.7 Å². The molecule has 1 aromatic rings. The number of hydrogen-bond acceptors (Lipinski definition) is 2. The van der Waals surface area contributed by atoms with Crippen molar-refractivity contribution in [2.75, 3.05) is 0 Å². The molecule has 0 bridgehead atoms. The normalized spacial score (nSPS) is 16.0. The number of hydrogen-bond donors (Lipinski definition) is 0. The molecule has 14 heavy (non-hydrogen) atoms. The van der Waals surface area contributed by atoms with Crippen molar-refractivity contribution in [1.82, 2.24) is 9.78 Å². The van der Waals surface area contributed by atoms with Crippen LogP contribution in [0.2, 0.25) is 0 Å². The van der Waals surface area contributed by atoms with E-state index in [2.05, 4.69) is 25.9 Å². The highest BCUT2D eigenvalue weighted by atomic mass is 16.5. The van der Waals surface area contributed by atoms with E-state index in [0.717, 1.165) is 18.7 Å². The zero-order valence-corrected chi connectivity index (χ0v) is 9.42. The molecule has 0 saturated heterocycles. The molecule has 0 spiro atoms. The minimum absolute atomic E-state index is 0.310. The molecule has 3 nitrogen and oxygen atoms in total. The van der Waals surface area contributed by atoms with Crippen molar-refractivity contribution in [3.05, 3.63) is 17.0 Å². The van der Waals surface area contributed by atoms with Crippen LogP contribution in [0, 0.1) is 5.41 Å². The first-order valence-electron chi connectivity index (χ1n) is 5.09. The van der Waals surface area contributed by atoms with E-state index in [1.165, 1.54) is 11.3 Å². The fourth-order valence-corrected chi connectivity index (χ4v) is 1.92. The van der Waals surface area contributed by atoms with Crippen LogP contribution >= 0.6 is 0 Å². The Morgan fingerprint density at radius 2 is 2.07 bits per heavy atom. The predicted octanol–water partition coefficient (Wildman–Crippen LogP) is 2.04. The van der Waals surface area contributed by atoms with Gasteiger partial charge in [0.2, 0.25) is 0 Å². The fraction of sp³-hybridized carbons (Fsp3) is 0.727. The summed E-state index contributed by atoms with van der Waals surface area (Å²) in [5.74, 6) is 0. The highest BCUT2D eigenvalue weighted by Crippen LogP contribution is 2.28. The minimum atomic E-state index is 0.310. The van der Waals surface area contributed by atoms with Crippen LogP contribution in [0.15, 0.2) is 0 Å². The first-order valence-corrected chi connectivity index (χ1v) is 5.09. The van der Waals surface area contributed by atoms with Gasteiger partial charge in [0.1, 0.15) is 0 Å². The van der Waals surface area contributed by atoms with Gasteiger partial charge >= 0.3 is 0 Å². The highest BCUT2D eigenvalue weighted by molar-refractivity contribution is 5.28. The first-order chi connectivity index (χ1) is 6.47. The van der Waals surface area contributed by atoms with Crippen LogP contribution in [0.25, 0.3) is 0 Å². The zero-order chi connectivity index (χ0) is 10.3. The summed E-state index contributed by atoms with van der Waals surface area (Å²) in [6.45, 7) is 8.19. The van der Waals surface area contributed by atoms with Gasteiger partial charge in [0.15, 0.2) is 0 Å². The Hall–Kier alpha value is -0.830. The van der Waals surface area contributed by atoms with Gasteiger partial charge in [0.05, 0.1) is 18.9 Å². The van der Waals surface area contributed by atoms with Gasteiger partial charge in [-0.3, -0.25) is 4.68 Å². The van der Waals surface area contributed by atoms with Crippen LogP contribution in [0.5, 0.6) is 0 Å². The maximum absolute atomic E-state index is 5.39. The Bertz CT molecular complexity index is 347. The third-order valence-corrected chi connectivity index (χ3v) is 2.54. The number of ether oxygens (including phenoxy) is 1. The Kier molecular flexibility index (Phi) is 2.14. The lowest BCUT2D eigenvalue weighted by Crippen LogP contribution is -2.14. The Morgan fingerprint density at radius 1 is 1.36 bits per heavy atom. The van der Waals surface area contributed by atoms with Gasteiger partial charge in [0, 0.05) is 18.3 Å². The smallest absolute Gasteiger partial charge is 0.0939 e. The second-order valence-corrected chi connectivity index (χ2v) is 5.23. The van der Waals surface area contributed by atoms with E-state index < -0.39 is 0 Å². The molecule has 0 aromatic carbocycles. The summed E-state index contributed by atoms with van der Waals surface area (Å²) >= 11 is 0. The van der Waals surface area contributed by atoms with Crippen molar-refractivity contribution in [1.29, 1.82) is 0 Å². The van der Waals surface area contributed by atoms with Crippen LogP contribution in [0.3, 0.4) is 0 Å². The zero-order valence-electron chi connectivity index (χ0n) is 9.42. The quantitative estimate of drug-likeness (QED) is 0.684. The monoisotopic (exact) mass is 194 g/mol. The van der Waals surface area contributed by atoms with Gasteiger partial charge in [-0.1, -0.05) is 20.8 Å². The number of aromatic nitrogens is 2. The molecule has 1 aliphatic rings. The summed E-state index contributed by atoms with van der Waals surface area (Å²) < 4.78 is 7.40. The van der Waals surface area contributed by atoms with Gasteiger partial charge in [-0.05, 0) is 11.8 Å². The average Bonchev–Trinajstić information content (AvgIpc) is 2.54. The molecule has 1 aliphatic heterocycles. The molecular weight excluding hydrogens is 176 g/mol. The third kappa shape index (κ3) is 1.69. The van der Waals surface area contributed by atoms with Crippen molar-refractivity contribution in [2.24, 2.45) is 12.5 Å². The summed E-state index contributed by atoms with van der Waals surface area (Å²) in [5, 5.41) is 4.47. The summed E-state index contributed by atoms with van der Waals surface area (Å²) in [7, 11) is 2.03. The molecule has 2 heterocycles. The largest absolute Gasteiger partial charge is 0.370 e. The van der Waals surface area contributed by atoms with Crippen LogP contribution in [-0.2, 0) is 31.4 Å². The summed E-state index contributed by atoms with van der Waals surface area (Å²) in [6.07, 6.45) is 1.06. The number of aryl methyl sites for hydroxylation is 1. The van der Waals surface area contributed by atoms with E-state index in [1.807, 2.05) is 11.7 Å². The molecule has 78 valence electrons. The Morgan fingerprint density at radius 3 is 2.71 bits per heavy atom. The number of fused-ring (bicyclic) bond motifs is 1. The molecule has 3 heteroatoms. The fourth-order valence-electron chi connectivity index (χ4n) is 1.92. The molecular formula is C11H18N2O. The standard InChI is InChI=1S/C11H18N2O/c1-11(2,3)5-10-8-6-14-7-9(8)12-13(10)4/h5-7H2,1-4H3. The Balaban J connectivity index is 2.33. The van der Waals surface area contributed by atoms with Crippen molar-refractivity contribution in [3.63, 3.8) is 0 Å². The number of nitrogens with zero attached hydrogens (tertiary/aromatic N) is 2. The maximum Gasteiger partial charge on any atom is 0.0939 e. The van der Waals surface area contributed by atoms with Crippen molar-refractivity contribution < 1.29 is 4.74 Å². The molecule has 0 amide bonds. The number of rotatable bonds is 1. The van der Waals surface area contributed by atoms with Crippen LogP contribution in [0.4, 0.5) is 0 Å². The molecule has 2 rings (SSSR count). The van der Waals surface area contributed by atoms with Gasteiger partial charge < -0.3 is 4.74 Å². The molecule has 0 unspecified atom stereocenters. The molecule has 0 atom stereocenters. The predicted molar refractivity (Wildman–Crippen MR) is 54.9 cm³/mol. The van der Waals surface area contributed by atoms with Gasteiger partial charge in [-0.25, -0.2) is 0 Å². The van der Waals surface area contributed by atoms with E-state index in [4.69, 9.17) is 4.74 Å². The SMILES string of the molecule is Cn1nc2c(c1CC(C)(C)C)COC2. The van der Waals surface area contributed by atoms with E-state index >= 15 is 0 Å². The van der Waals surface area contributed by atoms with Crippen molar-refractivity contribution >= 4 is 0 Å². The summed E-state index contributed by atoms with van der Waals surface area (Å²) in [5.41, 5.74) is 4.10. The molecule has 0 radical (unpaired) electrons. The Labute approximate surface area is 85.1 Å². The van der Waals surface area contributed by atoms with Crippen molar-refractivity contribution in [3.8, 4) is 0 Å². The second-order valence-electron chi connectivity index (χ2n) is 5.23. The second kappa shape index (κ2) is 3.09. The molecule has 0 aliphatic carbocycles. The van der Waals surface area contributed by atoms with E-state index in [9.17, 15) is 0 Å². The van der Waals surface area contributed by atoms with Gasteiger partial charge in [-0.2, -0.15) is 5.10 Å². The highest BCUT2D eigenvalue weighted by Gasteiger charge is 2.24. The first kappa shape index (κ1) is 9.71. The third-order valence-electron chi connectivity index (χ3n) is 2.54. The molecule has 0 saturated carbocycles. The average molecular weight is 194 g/mol. The lowest BCUT2D eigenvalue weighted by Gasteiger charge is -2.18. The summed E-state index contributed by atoms with van der Waals surface area (Å²) in [6, 6.07) is 0. The molecule has 0 fully saturated rings. The molecule has 1 aromatic heterocycles. The maximum atomic E-state index is 5.39. The minimum Gasteiger partial charge on any atom is -0.370 e.